The minimum atomic E-state index is -0.653. The van der Waals surface area contributed by atoms with Crippen LogP contribution in [-0.2, 0) is 35.2 Å². The van der Waals surface area contributed by atoms with Crippen molar-refractivity contribution >= 4 is 11.1 Å². The number of aromatic nitrogens is 1. The van der Waals surface area contributed by atoms with Gasteiger partial charge >= 0.3 is 0 Å². The van der Waals surface area contributed by atoms with Crippen LogP contribution in [0.1, 0.15) is 17.0 Å². The summed E-state index contributed by atoms with van der Waals surface area (Å²) in [6.07, 6.45) is 1.36. The van der Waals surface area contributed by atoms with Gasteiger partial charge in [-0.2, -0.15) is 0 Å². The Morgan fingerprint density at radius 2 is 1.87 bits per heavy atom. The number of rotatable bonds is 7. The molecule has 2 aromatic carbocycles. The van der Waals surface area contributed by atoms with Crippen LogP contribution in [0.2, 0.25) is 0 Å². The fraction of sp³-hybridized carbons (Fsp3) is 0.318. The molecular weight excluding hydrogens is 403 g/mol. The lowest BCUT2D eigenvalue weighted by atomic mass is 10.0. The van der Waals surface area contributed by atoms with Crippen LogP contribution in [0.4, 0.5) is 4.39 Å². The molecule has 1 aliphatic rings. The van der Waals surface area contributed by atoms with E-state index in [0.29, 0.717) is 43.9 Å². The van der Waals surface area contributed by atoms with E-state index >= 15 is 0 Å². The predicted molar refractivity (Wildman–Crippen MR) is 116 cm³/mol. The third kappa shape index (κ3) is 5.40. The van der Waals surface area contributed by atoms with Crippen LogP contribution in [0.3, 0.4) is 0 Å². The molecule has 0 saturated carbocycles. The predicted octanol–water partition coefficient (Wildman–Crippen LogP) is 3.69. The van der Waals surface area contributed by atoms with Crippen LogP contribution in [0, 0.1) is 5.82 Å². The highest BCUT2D eigenvalue weighted by atomic mass is 32.2. The second-order valence-corrected chi connectivity index (χ2v) is 8.45. The molecule has 0 spiro atoms. The molecule has 1 aromatic heterocycles. The summed E-state index contributed by atoms with van der Waals surface area (Å²) < 4.78 is 31.8. The number of nitrogens with two attached hydrogens (primary N) is 1. The topological polar surface area (TPSA) is 76.9 Å². The van der Waals surface area contributed by atoms with Gasteiger partial charge in [0.1, 0.15) is 12.4 Å². The first kappa shape index (κ1) is 20.9. The highest BCUT2D eigenvalue weighted by Crippen LogP contribution is 2.24. The Morgan fingerprint density at radius 3 is 2.63 bits per heavy atom. The molecule has 1 aliphatic heterocycles. The normalized spacial score (nSPS) is 16.1. The van der Waals surface area contributed by atoms with Crippen LogP contribution in [0.25, 0.3) is 11.1 Å². The monoisotopic (exact) mass is 428 g/mol. The van der Waals surface area contributed by atoms with Gasteiger partial charge in [0.15, 0.2) is 5.76 Å². The van der Waals surface area contributed by atoms with Crippen LogP contribution in [-0.4, -0.2) is 35.8 Å². The first-order chi connectivity index (χ1) is 14.7. The lowest BCUT2D eigenvalue weighted by Gasteiger charge is -2.25. The molecule has 2 N–H and O–H groups in total. The van der Waals surface area contributed by atoms with Gasteiger partial charge in [-0.15, -0.1) is 0 Å². The van der Waals surface area contributed by atoms with Gasteiger partial charge in [-0.3, -0.25) is 5.14 Å². The van der Waals surface area contributed by atoms with E-state index in [0.717, 1.165) is 29.9 Å². The van der Waals surface area contributed by atoms with Gasteiger partial charge in [0.2, 0.25) is 0 Å². The summed E-state index contributed by atoms with van der Waals surface area (Å²) in [5.74, 6) is 0.475. The van der Waals surface area contributed by atoms with Crippen LogP contribution in [0.5, 0.6) is 0 Å². The molecule has 158 valence electrons. The largest absolute Gasteiger partial charge is 0.379 e. The molecule has 1 saturated heterocycles. The van der Waals surface area contributed by atoms with Crippen molar-refractivity contribution in [3.8, 4) is 11.1 Å². The molecule has 6 nitrogen and oxygen atoms in total. The van der Waals surface area contributed by atoms with Gasteiger partial charge in [-0.25, -0.2) is 13.1 Å². The van der Waals surface area contributed by atoms with E-state index in [9.17, 15) is 4.39 Å². The lowest BCUT2D eigenvalue weighted by molar-refractivity contribution is 0.0763. The zero-order valence-corrected chi connectivity index (χ0v) is 17.5. The van der Waals surface area contributed by atoms with Gasteiger partial charge in [0.05, 0.1) is 18.9 Å². The first-order valence-electron chi connectivity index (χ1n) is 9.96. The Kier molecular flexibility index (Phi) is 7.01. The molecule has 30 heavy (non-hydrogen) atoms. The minimum absolute atomic E-state index is 0.212. The van der Waals surface area contributed by atoms with Crippen molar-refractivity contribution in [2.75, 3.05) is 26.3 Å². The molecule has 1 atom stereocenters. The van der Waals surface area contributed by atoms with Gasteiger partial charge < -0.3 is 9.26 Å². The van der Waals surface area contributed by atoms with E-state index in [-0.39, 0.29) is 5.82 Å². The average Bonchev–Trinajstić information content (AvgIpc) is 3.25. The molecule has 1 unspecified atom stereocenters. The number of hydrogen-bond acceptors (Lipinski definition) is 4. The van der Waals surface area contributed by atoms with Gasteiger partial charge in [-0.05, 0) is 30.0 Å². The van der Waals surface area contributed by atoms with E-state index in [1.54, 1.807) is 6.07 Å². The van der Waals surface area contributed by atoms with Crippen LogP contribution < -0.4 is 5.14 Å². The molecule has 3 aromatic rings. The zero-order valence-electron chi connectivity index (χ0n) is 16.7. The summed E-state index contributed by atoms with van der Waals surface area (Å²) in [6.45, 7) is 3.37. The smallest absolute Gasteiger partial charge is 0.159 e. The highest BCUT2D eigenvalue weighted by molar-refractivity contribution is 7.82. The zero-order chi connectivity index (χ0) is 20.8. The molecule has 4 rings (SSSR count). The maximum Gasteiger partial charge on any atom is 0.159 e. The number of hydrogen-bond donors (Lipinski definition) is 1. The molecule has 1 fully saturated rings. The number of aryl methyl sites for hydroxylation is 2. The standard InChI is InChI=1S/C22H25FN4O2S/c23-22-14-17(7-9-21(22)18-4-2-1-3-5-18)6-8-19-15-20(29-26-19)16-25-30(24)27-10-12-28-13-11-27/h1-5,7,9,14-15H,6,8,10-13,16H2,(H2,24,25). The fourth-order valence-corrected chi connectivity index (χ4v) is 4.28. The Balaban J connectivity index is 1.32. The third-order valence-electron chi connectivity index (χ3n) is 4.98. The van der Waals surface area contributed by atoms with E-state index in [1.165, 1.54) is 0 Å². The number of benzene rings is 2. The Labute approximate surface area is 178 Å². The SMILES string of the molecule is NS(=NCc1cc(CCc2ccc(-c3ccccc3)c(F)c2)no1)N1CCOCC1. The summed E-state index contributed by atoms with van der Waals surface area (Å²) in [4.78, 5) is 0. The molecular formula is C22H25FN4O2S. The fourth-order valence-electron chi connectivity index (χ4n) is 3.33. The van der Waals surface area contributed by atoms with Crippen molar-refractivity contribution in [3.63, 3.8) is 0 Å². The molecule has 0 bridgehead atoms. The minimum Gasteiger partial charge on any atom is -0.379 e. The second kappa shape index (κ2) is 10.1. The Morgan fingerprint density at radius 1 is 1.07 bits per heavy atom. The summed E-state index contributed by atoms with van der Waals surface area (Å²) >= 11 is -0.653. The number of ether oxygens (including phenoxy) is 1. The number of morpholine rings is 1. The maximum atomic E-state index is 14.5. The van der Waals surface area contributed by atoms with Crippen molar-refractivity contribution in [1.29, 1.82) is 0 Å². The third-order valence-corrected chi connectivity index (χ3v) is 6.27. The van der Waals surface area contributed by atoms with Crippen molar-refractivity contribution < 1.29 is 13.7 Å². The van der Waals surface area contributed by atoms with Crippen molar-refractivity contribution in [2.24, 2.45) is 9.50 Å². The molecule has 0 amide bonds. The van der Waals surface area contributed by atoms with Crippen molar-refractivity contribution in [2.45, 2.75) is 19.4 Å². The average molecular weight is 429 g/mol. The summed E-state index contributed by atoms with van der Waals surface area (Å²) in [5, 5.41) is 10.2. The van der Waals surface area contributed by atoms with Crippen LogP contribution >= 0.6 is 0 Å². The summed E-state index contributed by atoms with van der Waals surface area (Å²) in [7, 11) is 0. The van der Waals surface area contributed by atoms with Gasteiger partial charge in [0.25, 0.3) is 0 Å². The van der Waals surface area contributed by atoms with E-state index in [4.69, 9.17) is 14.4 Å². The molecule has 0 aliphatic carbocycles. The van der Waals surface area contributed by atoms with Gasteiger partial charge in [-0.1, -0.05) is 47.6 Å². The quantitative estimate of drug-likeness (QED) is 0.621. The van der Waals surface area contributed by atoms with Gasteiger partial charge in [0, 0.05) is 35.8 Å². The molecule has 2 heterocycles. The highest BCUT2D eigenvalue weighted by Gasteiger charge is 2.13. The van der Waals surface area contributed by atoms with E-state index in [1.807, 2.05) is 48.5 Å². The Bertz CT molecular complexity index is 1000. The Hall–Kier alpha value is -2.39. The second-order valence-electron chi connectivity index (χ2n) is 7.09. The van der Waals surface area contributed by atoms with E-state index < -0.39 is 11.1 Å². The van der Waals surface area contributed by atoms with Crippen molar-refractivity contribution in [1.82, 2.24) is 9.46 Å². The van der Waals surface area contributed by atoms with E-state index in [2.05, 4.69) is 13.8 Å². The first-order valence-corrected chi connectivity index (χ1v) is 11.2. The number of halogens is 1. The summed E-state index contributed by atoms with van der Waals surface area (Å²) in [5.41, 5.74) is 3.25. The van der Waals surface area contributed by atoms with Crippen molar-refractivity contribution in [3.05, 3.63) is 77.4 Å². The summed E-state index contributed by atoms with van der Waals surface area (Å²) in [6, 6.07) is 16.8. The molecule has 8 heteroatoms. The lowest BCUT2D eigenvalue weighted by Crippen LogP contribution is -2.40. The number of nitrogens with zero attached hydrogens (tertiary/aromatic N) is 3. The maximum absolute atomic E-state index is 14.5. The van der Waals surface area contributed by atoms with Crippen LogP contribution in [0.15, 0.2) is 63.5 Å². The molecule has 0 radical (unpaired) electrons.